The lowest BCUT2D eigenvalue weighted by atomic mass is 9.94. The molecule has 2 fully saturated rings. The number of hydrogen-bond donors (Lipinski definition) is 2. The van der Waals surface area contributed by atoms with Gasteiger partial charge >= 0.3 is 0 Å². The van der Waals surface area contributed by atoms with Crippen molar-refractivity contribution in [2.45, 2.75) is 30.8 Å². The Morgan fingerprint density at radius 2 is 2.00 bits per heavy atom. The Hall–Kier alpha value is -2.64. The van der Waals surface area contributed by atoms with E-state index < -0.39 is 0 Å². The molecule has 0 amide bonds. The number of anilines is 1. The number of fused-ring (bicyclic) bond motifs is 2. The summed E-state index contributed by atoms with van der Waals surface area (Å²) in [6.07, 6.45) is 2.42. The summed E-state index contributed by atoms with van der Waals surface area (Å²) in [7, 11) is 0. The van der Waals surface area contributed by atoms with E-state index >= 15 is 0 Å². The first-order valence-electron chi connectivity index (χ1n) is 10.8. The van der Waals surface area contributed by atoms with Gasteiger partial charge in [0.15, 0.2) is 0 Å². The molecule has 6 rings (SSSR count). The molecule has 0 unspecified atom stereocenters. The first-order valence-corrected chi connectivity index (χ1v) is 10.8. The molecule has 2 N–H and O–H groups in total. The third-order valence-corrected chi connectivity index (χ3v) is 6.43. The number of nitrogens with one attached hydrogen (secondary N) is 2. The fourth-order valence-corrected chi connectivity index (χ4v) is 4.65. The minimum Gasteiger partial charge on any atom is -0.491 e. The number of morpholine rings is 1. The van der Waals surface area contributed by atoms with Crippen molar-refractivity contribution in [2.24, 2.45) is 0 Å². The van der Waals surface area contributed by atoms with Gasteiger partial charge in [0.05, 0.1) is 36.5 Å². The van der Waals surface area contributed by atoms with Gasteiger partial charge < -0.3 is 19.8 Å². The van der Waals surface area contributed by atoms with Crippen molar-refractivity contribution in [2.75, 3.05) is 38.2 Å². The van der Waals surface area contributed by atoms with Crippen LogP contribution in [-0.4, -0.2) is 53.8 Å². The molecule has 1 saturated carbocycles. The van der Waals surface area contributed by atoms with Crippen LogP contribution in [0.4, 0.5) is 10.1 Å². The molecule has 2 atom stereocenters. The molecule has 6 nitrogen and oxygen atoms in total. The molecular formula is C23H25FN4O2. The summed E-state index contributed by atoms with van der Waals surface area (Å²) in [5.41, 5.74) is 4.00. The van der Waals surface area contributed by atoms with Crippen LogP contribution in [0.5, 0.6) is 5.75 Å². The maximum absolute atomic E-state index is 13.9. The summed E-state index contributed by atoms with van der Waals surface area (Å²) in [6.45, 7) is 3.68. The second kappa shape index (κ2) is 7.25. The van der Waals surface area contributed by atoms with Crippen molar-refractivity contribution in [3.63, 3.8) is 0 Å². The zero-order valence-electron chi connectivity index (χ0n) is 16.7. The Morgan fingerprint density at radius 1 is 1.13 bits per heavy atom. The average Bonchev–Trinajstić information content (AvgIpc) is 3.53. The van der Waals surface area contributed by atoms with Crippen molar-refractivity contribution in [1.82, 2.24) is 14.9 Å². The molecule has 2 aromatic carbocycles. The topological polar surface area (TPSA) is 62.4 Å². The highest BCUT2D eigenvalue weighted by molar-refractivity contribution is 5.88. The lowest BCUT2D eigenvalue weighted by molar-refractivity contribution is -0.00344. The summed E-state index contributed by atoms with van der Waals surface area (Å²) < 4.78 is 25.4. The van der Waals surface area contributed by atoms with Crippen LogP contribution in [0, 0.1) is 5.82 Å². The van der Waals surface area contributed by atoms with E-state index in [2.05, 4.69) is 27.3 Å². The van der Waals surface area contributed by atoms with Crippen LogP contribution in [0.15, 0.2) is 36.4 Å². The highest BCUT2D eigenvalue weighted by Crippen LogP contribution is 2.41. The number of hydrogen-bond acceptors (Lipinski definition) is 5. The van der Waals surface area contributed by atoms with Gasteiger partial charge in [0.2, 0.25) is 0 Å². The minimum absolute atomic E-state index is 0.0286. The molecule has 156 valence electrons. The smallest absolute Gasteiger partial charge is 0.127 e. The van der Waals surface area contributed by atoms with Gasteiger partial charge in [-0.05, 0) is 31.0 Å². The Balaban J connectivity index is 1.39. The number of H-pyrrole nitrogens is 1. The Kier molecular flexibility index (Phi) is 4.39. The largest absolute Gasteiger partial charge is 0.491 e. The van der Waals surface area contributed by atoms with Gasteiger partial charge in [0, 0.05) is 30.6 Å². The van der Waals surface area contributed by atoms with Crippen molar-refractivity contribution < 1.29 is 13.9 Å². The SMILES string of the molecule is Fc1ccc2c(c1)OC[C@H](N1CCOCC1)[C@H]2Nc1cccc2[nH]c(C3CC3)nc12. The van der Waals surface area contributed by atoms with Crippen LogP contribution >= 0.6 is 0 Å². The van der Waals surface area contributed by atoms with Gasteiger partial charge in [-0.15, -0.1) is 0 Å². The van der Waals surface area contributed by atoms with Crippen molar-refractivity contribution >= 4 is 16.7 Å². The summed E-state index contributed by atoms with van der Waals surface area (Å²) >= 11 is 0. The number of halogens is 1. The van der Waals surface area contributed by atoms with Crippen molar-refractivity contribution in [1.29, 1.82) is 0 Å². The van der Waals surface area contributed by atoms with Crippen LogP contribution in [0.1, 0.15) is 36.2 Å². The summed E-state index contributed by atoms with van der Waals surface area (Å²) in [5, 5.41) is 3.75. The normalized spacial score (nSPS) is 24.4. The third-order valence-electron chi connectivity index (χ3n) is 6.43. The molecule has 0 radical (unpaired) electrons. The van der Waals surface area contributed by atoms with E-state index in [1.165, 1.54) is 25.0 Å². The predicted octanol–water partition coefficient (Wildman–Crippen LogP) is 3.83. The fraction of sp³-hybridized carbons (Fsp3) is 0.435. The molecule has 1 aliphatic carbocycles. The van der Waals surface area contributed by atoms with Gasteiger partial charge in [0.1, 0.15) is 29.5 Å². The van der Waals surface area contributed by atoms with E-state index in [1.54, 1.807) is 0 Å². The van der Waals surface area contributed by atoms with E-state index in [4.69, 9.17) is 14.5 Å². The molecule has 30 heavy (non-hydrogen) atoms. The molecular weight excluding hydrogens is 383 g/mol. The third kappa shape index (κ3) is 3.22. The van der Waals surface area contributed by atoms with Crippen LogP contribution < -0.4 is 10.1 Å². The number of nitrogens with zero attached hydrogens (tertiary/aromatic N) is 2. The number of para-hydroxylation sites is 1. The number of ether oxygens (including phenoxy) is 2. The molecule has 0 bridgehead atoms. The number of aromatic amines is 1. The second-order valence-corrected chi connectivity index (χ2v) is 8.43. The minimum atomic E-state index is -0.277. The van der Waals surface area contributed by atoms with Crippen LogP contribution in [-0.2, 0) is 4.74 Å². The van der Waals surface area contributed by atoms with Gasteiger partial charge in [-0.3, -0.25) is 4.90 Å². The van der Waals surface area contributed by atoms with Gasteiger partial charge in [-0.25, -0.2) is 9.37 Å². The number of aromatic nitrogens is 2. The van der Waals surface area contributed by atoms with Crippen LogP contribution in [0.2, 0.25) is 0 Å². The highest BCUT2D eigenvalue weighted by atomic mass is 19.1. The van der Waals surface area contributed by atoms with E-state index in [-0.39, 0.29) is 17.9 Å². The first-order chi connectivity index (χ1) is 14.8. The molecule has 1 saturated heterocycles. The summed E-state index contributed by atoms with van der Waals surface area (Å²) in [5.74, 6) is 1.99. The predicted molar refractivity (Wildman–Crippen MR) is 113 cm³/mol. The molecule has 3 aromatic rings. The summed E-state index contributed by atoms with van der Waals surface area (Å²) in [4.78, 5) is 10.8. The molecule has 1 aromatic heterocycles. The van der Waals surface area contributed by atoms with Crippen LogP contribution in [0.25, 0.3) is 11.0 Å². The van der Waals surface area contributed by atoms with Crippen molar-refractivity contribution in [3.05, 3.63) is 53.6 Å². The average molecular weight is 408 g/mol. The van der Waals surface area contributed by atoms with Crippen LogP contribution in [0.3, 0.4) is 0 Å². The maximum Gasteiger partial charge on any atom is 0.127 e. The maximum atomic E-state index is 13.9. The standard InChI is InChI=1S/C23H25FN4O2/c24-15-6-7-16-20(12-15)30-13-19(28-8-10-29-11-9-28)21(16)25-17-2-1-3-18-22(17)27-23(26-18)14-4-5-14/h1-3,6-7,12,14,19,21,25H,4-5,8-11,13H2,(H,26,27)/t19-,21-/m0/s1. The molecule has 3 heterocycles. The zero-order chi connectivity index (χ0) is 20.1. The quantitative estimate of drug-likeness (QED) is 0.687. The lowest BCUT2D eigenvalue weighted by Crippen LogP contribution is -2.52. The first kappa shape index (κ1) is 18.2. The summed E-state index contributed by atoms with van der Waals surface area (Å²) in [6, 6.07) is 11.1. The van der Waals surface area contributed by atoms with Gasteiger partial charge in [-0.1, -0.05) is 12.1 Å². The van der Waals surface area contributed by atoms with Gasteiger partial charge in [0.25, 0.3) is 0 Å². The second-order valence-electron chi connectivity index (χ2n) is 8.43. The van der Waals surface area contributed by atoms with Crippen molar-refractivity contribution in [3.8, 4) is 5.75 Å². The zero-order valence-corrected chi connectivity index (χ0v) is 16.7. The monoisotopic (exact) mass is 408 g/mol. The molecule has 0 spiro atoms. The number of benzene rings is 2. The van der Waals surface area contributed by atoms with E-state index in [9.17, 15) is 4.39 Å². The van der Waals surface area contributed by atoms with E-state index in [1.807, 2.05) is 12.1 Å². The van der Waals surface area contributed by atoms with E-state index in [0.717, 1.165) is 54.4 Å². The molecule has 7 heteroatoms. The molecule has 2 aliphatic heterocycles. The highest BCUT2D eigenvalue weighted by Gasteiger charge is 2.36. The number of rotatable bonds is 4. The Bertz CT molecular complexity index is 1070. The lowest BCUT2D eigenvalue weighted by Gasteiger charge is -2.42. The number of imidazole rings is 1. The Morgan fingerprint density at radius 3 is 2.83 bits per heavy atom. The van der Waals surface area contributed by atoms with E-state index in [0.29, 0.717) is 18.3 Å². The fourth-order valence-electron chi connectivity index (χ4n) is 4.65. The van der Waals surface area contributed by atoms with Gasteiger partial charge in [-0.2, -0.15) is 0 Å². The Labute approximate surface area is 174 Å². The molecule has 3 aliphatic rings.